The van der Waals surface area contributed by atoms with Gasteiger partial charge in [0, 0.05) is 18.6 Å². The minimum atomic E-state index is -1.08. The van der Waals surface area contributed by atoms with Gasteiger partial charge >= 0.3 is 0 Å². The van der Waals surface area contributed by atoms with Crippen molar-refractivity contribution in [3.05, 3.63) is 120 Å². The highest BCUT2D eigenvalue weighted by Gasteiger charge is 2.29. The van der Waals surface area contributed by atoms with E-state index in [2.05, 4.69) is 0 Å². The number of allylic oxidation sites excluding steroid dienone is 1. The van der Waals surface area contributed by atoms with Crippen molar-refractivity contribution in [2.24, 2.45) is 0 Å². The average Bonchev–Trinajstić information content (AvgIpc) is 2.73. The van der Waals surface area contributed by atoms with Crippen LogP contribution in [-0.2, 0) is 5.60 Å². The van der Waals surface area contributed by atoms with E-state index in [1.165, 1.54) is 0 Å². The fourth-order valence-corrected chi connectivity index (χ4v) is 3.04. The minimum Gasteiger partial charge on any atom is -0.380 e. The summed E-state index contributed by atoms with van der Waals surface area (Å²) in [5.41, 5.74) is 2.17. The van der Waals surface area contributed by atoms with E-state index in [9.17, 15) is 5.11 Å². The number of aliphatic hydroxyl groups is 1. The predicted molar refractivity (Wildman–Crippen MR) is 108 cm³/mol. The maximum atomic E-state index is 11.4. The number of hydrogen-bond donors (Lipinski definition) is 2. The molecule has 3 rings (SSSR count). The molecule has 0 amide bonds. The minimum absolute atomic E-state index is 0.461. The fourth-order valence-electron chi connectivity index (χ4n) is 3.04. The first kappa shape index (κ1) is 17.8. The standard InChI is InChI=1S/C24H23NO/c25-23(20-12-4-1-5-13-20)18-10-11-19-24(26,21-14-6-2-7-15-21)22-16-8-3-9-17-22/h1-17,25-26H,18-19H2/b11-10+,25-23?. The van der Waals surface area contributed by atoms with Crippen LogP contribution in [0.4, 0.5) is 0 Å². The second-order valence-corrected chi connectivity index (χ2v) is 6.32. The van der Waals surface area contributed by atoms with E-state index >= 15 is 0 Å². The molecule has 2 heteroatoms. The van der Waals surface area contributed by atoms with Gasteiger partial charge in [-0.15, -0.1) is 0 Å². The molecular formula is C24H23NO. The van der Waals surface area contributed by atoms with E-state index in [-0.39, 0.29) is 0 Å². The van der Waals surface area contributed by atoms with Crippen molar-refractivity contribution in [3.8, 4) is 0 Å². The van der Waals surface area contributed by atoms with Crippen molar-refractivity contribution < 1.29 is 5.11 Å². The van der Waals surface area contributed by atoms with Gasteiger partial charge < -0.3 is 10.5 Å². The molecular weight excluding hydrogens is 318 g/mol. The molecule has 26 heavy (non-hydrogen) atoms. The third kappa shape index (κ3) is 4.16. The maximum absolute atomic E-state index is 11.4. The highest BCUT2D eigenvalue weighted by molar-refractivity contribution is 5.98. The lowest BCUT2D eigenvalue weighted by atomic mass is 9.83. The molecule has 0 aliphatic rings. The summed E-state index contributed by atoms with van der Waals surface area (Å²) in [6, 6.07) is 29.2. The number of benzene rings is 3. The molecule has 0 aliphatic heterocycles. The lowest BCUT2D eigenvalue weighted by Gasteiger charge is -2.28. The van der Waals surface area contributed by atoms with E-state index in [4.69, 9.17) is 5.41 Å². The lowest BCUT2D eigenvalue weighted by Crippen LogP contribution is -2.26. The molecule has 0 aliphatic carbocycles. The molecule has 0 fully saturated rings. The average molecular weight is 341 g/mol. The maximum Gasteiger partial charge on any atom is 0.118 e. The Hall–Kier alpha value is -2.97. The molecule has 0 radical (unpaired) electrons. The molecule has 3 aromatic carbocycles. The zero-order chi connectivity index (χ0) is 18.2. The quantitative estimate of drug-likeness (QED) is 0.443. The Morgan fingerprint density at radius 1 is 0.731 bits per heavy atom. The van der Waals surface area contributed by atoms with Crippen molar-refractivity contribution in [2.45, 2.75) is 18.4 Å². The van der Waals surface area contributed by atoms with Crippen LogP contribution in [0.2, 0.25) is 0 Å². The summed E-state index contributed by atoms with van der Waals surface area (Å²) in [6.45, 7) is 0. The largest absolute Gasteiger partial charge is 0.380 e. The smallest absolute Gasteiger partial charge is 0.118 e. The summed E-state index contributed by atoms with van der Waals surface area (Å²) >= 11 is 0. The molecule has 2 nitrogen and oxygen atoms in total. The molecule has 0 heterocycles. The van der Waals surface area contributed by atoms with Gasteiger partial charge in [0.2, 0.25) is 0 Å². The van der Waals surface area contributed by atoms with Gasteiger partial charge in [0.15, 0.2) is 0 Å². The first-order chi connectivity index (χ1) is 12.7. The Kier molecular flexibility index (Phi) is 5.77. The second-order valence-electron chi connectivity index (χ2n) is 6.32. The molecule has 0 saturated heterocycles. The van der Waals surface area contributed by atoms with E-state index in [0.29, 0.717) is 18.6 Å². The zero-order valence-electron chi connectivity index (χ0n) is 14.7. The summed E-state index contributed by atoms with van der Waals surface area (Å²) in [4.78, 5) is 0. The molecule has 0 atom stereocenters. The van der Waals surface area contributed by atoms with Crippen LogP contribution in [0.5, 0.6) is 0 Å². The molecule has 3 aromatic rings. The van der Waals surface area contributed by atoms with Gasteiger partial charge in [-0.2, -0.15) is 0 Å². The van der Waals surface area contributed by atoms with Crippen molar-refractivity contribution in [3.63, 3.8) is 0 Å². The summed E-state index contributed by atoms with van der Waals surface area (Å²) in [5, 5.41) is 19.6. The lowest BCUT2D eigenvalue weighted by molar-refractivity contribution is 0.0841. The van der Waals surface area contributed by atoms with Gasteiger partial charge in [-0.3, -0.25) is 0 Å². The molecule has 0 unspecified atom stereocenters. The van der Waals surface area contributed by atoms with Crippen molar-refractivity contribution in [2.75, 3.05) is 0 Å². The van der Waals surface area contributed by atoms with Gasteiger partial charge in [-0.25, -0.2) is 0 Å². The van der Waals surface area contributed by atoms with E-state index in [1.54, 1.807) is 0 Å². The van der Waals surface area contributed by atoms with Crippen molar-refractivity contribution >= 4 is 5.71 Å². The number of hydrogen-bond acceptors (Lipinski definition) is 2. The van der Waals surface area contributed by atoms with Crippen molar-refractivity contribution in [1.29, 1.82) is 5.41 Å². The number of nitrogens with one attached hydrogen (secondary N) is 1. The molecule has 0 saturated carbocycles. The van der Waals surface area contributed by atoms with E-state index in [1.807, 2.05) is 103 Å². The van der Waals surface area contributed by atoms with Crippen LogP contribution in [-0.4, -0.2) is 10.8 Å². The Morgan fingerprint density at radius 2 is 1.19 bits per heavy atom. The van der Waals surface area contributed by atoms with Gasteiger partial charge in [-0.05, 0) is 16.7 Å². The normalized spacial score (nSPS) is 11.6. The summed E-state index contributed by atoms with van der Waals surface area (Å²) in [5.74, 6) is 0. The SMILES string of the molecule is N=C(C/C=C/CC(O)(c1ccccc1)c1ccccc1)c1ccccc1. The third-order valence-electron chi connectivity index (χ3n) is 4.53. The Balaban J connectivity index is 1.76. The highest BCUT2D eigenvalue weighted by atomic mass is 16.3. The first-order valence-electron chi connectivity index (χ1n) is 8.81. The third-order valence-corrected chi connectivity index (χ3v) is 4.53. The van der Waals surface area contributed by atoms with E-state index in [0.717, 1.165) is 16.7 Å². The monoisotopic (exact) mass is 341 g/mol. The Morgan fingerprint density at radius 3 is 1.69 bits per heavy atom. The Bertz CT molecular complexity index is 815. The molecule has 130 valence electrons. The van der Waals surface area contributed by atoms with Crippen LogP contribution >= 0.6 is 0 Å². The molecule has 0 aromatic heterocycles. The van der Waals surface area contributed by atoms with Gasteiger partial charge in [0.25, 0.3) is 0 Å². The molecule has 0 bridgehead atoms. The predicted octanol–water partition coefficient (Wildman–Crippen LogP) is 5.33. The van der Waals surface area contributed by atoms with Gasteiger partial charge in [0.1, 0.15) is 5.60 Å². The van der Waals surface area contributed by atoms with Gasteiger partial charge in [0.05, 0.1) is 0 Å². The fraction of sp³-hybridized carbons (Fsp3) is 0.125. The van der Waals surface area contributed by atoms with Crippen LogP contribution in [0.25, 0.3) is 0 Å². The summed E-state index contributed by atoms with van der Waals surface area (Å²) in [6.07, 6.45) is 4.94. The van der Waals surface area contributed by atoms with Crippen LogP contribution in [0, 0.1) is 5.41 Å². The van der Waals surface area contributed by atoms with Crippen LogP contribution in [0.15, 0.2) is 103 Å². The zero-order valence-corrected chi connectivity index (χ0v) is 14.7. The highest BCUT2D eigenvalue weighted by Crippen LogP contribution is 2.33. The van der Waals surface area contributed by atoms with Crippen LogP contribution < -0.4 is 0 Å². The number of rotatable bonds is 7. The molecule has 2 N–H and O–H groups in total. The van der Waals surface area contributed by atoms with Crippen LogP contribution in [0.3, 0.4) is 0 Å². The summed E-state index contributed by atoms with van der Waals surface area (Å²) in [7, 11) is 0. The van der Waals surface area contributed by atoms with Crippen LogP contribution in [0.1, 0.15) is 29.5 Å². The van der Waals surface area contributed by atoms with Gasteiger partial charge in [-0.1, -0.05) is 103 Å². The Labute approximate surface area is 155 Å². The second kappa shape index (κ2) is 8.41. The first-order valence-corrected chi connectivity index (χ1v) is 8.81. The molecule has 0 spiro atoms. The van der Waals surface area contributed by atoms with E-state index < -0.39 is 5.60 Å². The summed E-state index contributed by atoms with van der Waals surface area (Å²) < 4.78 is 0. The van der Waals surface area contributed by atoms with Crippen molar-refractivity contribution in [1.82, 2.24) is 0 Å². The topological polar surface area (TPSA) is 44.1 Å².